The van der Waals surface area contributed by atoms with Gasteiger partial charge in [0, 0.05) is 38.6 Å². The molecule has 0 aliphatic rings. The van der Waals surface area contributed by atoms with Gasteiger partial charge < -0.3 is 24.2 Å². The van der Waals surface area contributed by atoms with Crippen molar-refractivity contribution in [3.8, 4) is 5.75 Å². The fraction of sp³-hybridized carbons (Fsp3) is 0.348. The minimum absolute atomic E-state index is 0.0458. The van der Waals surface area contributed by atoms with Crippen molar-refractivity contribution in [3.05, 3.63) is 52.5 Å². The lowest BCUT2D eigenvalue weighted by Crippen LogP contribution is -2.36. The number of anilines is 2. The fourth-order valence-electron chi connectivity index (χ4n) is 3.28. The number of ether oxygens (including phenoxy) is 1. The number of rotatable bonds is 11. The number of likely N-dealkylation sites (N-methyl/N-ethyl adjacent to an activating group) is 1. The first-order valence-electron chi connectivity index (χ1n) is 9.84. The van der Waals surface area contributed by atoms with Gasteiger partial charge in [0.05, 0.1) is 24.5 Å². The molecule has 0 saturated heterocycles. The Morgan fingerprint density at radius 2 is 1.77 bits per heavy atom. The summed E-state index contributed by atoms with van der Waals surface area (Å²) >= 11 is 3.47. The molecule has 0 aliphatic heterocycles. The Balaban J connectivity index is 2.04. The van der Waals surface area contributed by atoms with Gasteiger partial charge >= 0.3 is 0 Å². The lowest BCUT2D eigenvalue weighted by molar-refractivity contribution is -0.130. The van der Waals surface area contributed by atoms with E-state index in [1.165, 1.54) is 4.90 Å². The highest BCUT2D eigenvalue weighted by Crippen LogP contribution is 2.36. The summed E-state index contributed by atoms with van der Waals surface area (Å²) in [6.45, 7) is 0.477. The zero-order valence-corrected chi connectivity index (χ0v) is 19.8. The largest absolute Gasteiger partial charge is 0.497 e. The van der Waals surface area contributed by atoms with Gasteiger partial charge in [-0.05, 0) is 52.2 Å². The van der Waals surface area contributed by atoms with Crippen molar-refractivity contribution in [2.24, 2.45) is 0 Å². The average Bonchev–Trinajstić information content (AvgIpc) is 2.78. The first-order chi connectivity index (χ1) is 14.8. The van der Waals surface area contributed by atoms with E-state index in [1.807, 2.05) is 42.5 Å². The van der Waals surface area contributed by atoms with Gasteiger partial charge in [0.1, 0.15) is 12.0 Å². The van der Waals surface area contributed by atoms with Gasteiger partial charge in [0.15, 0.2) is 0 Å². The van der Waals surface area contributed by atoms with Gasteiger partial charge in [-0.3, -0.25) is 9.59 Å². The van der Waals surface area contributed by atoms with Crippen LogP contribution in [0.25, 0.3) is 0 Å². The molecule has 2 rings (SSSR count). The number of halogens is 1. The molecule has 31 heavy (non-hydrogen) atoms. The van der Waals surface area contributed by atoms with Gasteiger partial charge in [0.2, 0.25) is 12.3 Å². The Morgan fingerprint density at radius 3 is 2.35 bits per heavy atom. The summed E-state index contributed by atoms with van der Waals surface area (Å²) in [5.41, 5.74) is 2.38. The van der Waals surface area contributed by atoms with Crippen molar-refractivity contribution in [1.82, 2.24) is 4.90 Å². The summed E-state index contributed by atoms with van der Waals surface area (Å²) in [7, 11) is 6.80. The normalized spacial score (nSPS) is 11.4. The van der Waals surface area contributed by atoms with Crippen molar-refractivity contribution in [1.29, 1.82) is 0 Å². The molecule has 2 aromatic rings. The molecule has 7 nitrogen and oxygen atoms in total. The van der Waals surface area contributed by atoms with Crippen LogP contribution in [0.1, 0.15) is 18.4 Å². The lowest BCUT2D eigenvalue weighted by atomic mass is 10.1. The van der Waals surface area contributed by atoms with Crippen LogP contribution in [0.4, 0.5) is 11.4 Å². The van der Waals surface area contributed by atoms with Gasteiger partial charge in [-0.2, -0.15) is 0 Å². The molecule has 2 amide bonds. The summed E-state index contributed by atoms with van der Waals surface area (Å²) in [6, 6.07) is 12.6. The maximum Gasteiger partial charge on any atom is 0.222 e. The molecular weight excluding hydrogens is 462 g/mol. The lowest BCUT2D eigenvalue weighted by Gasteiger charge is -2.30. The van der Waals surface area contributed by atoms with E-state index in [-0.39, 0.29) is 12.3 Å². The predicted molar refractivity (Wildman–Crippen MR) is 126 cm³/mol. The second-order valence-corrected chi connectivity index (χ2v) is 8.13. The van der Waals surface area contributed by atoms with E-state index in [0.717, 1.165) is 27.8 Å². The number of carbonyl (C=O) groups excluding carboxylic acids is 3. The van der Waals surface area contributed by atoms with E-state index in [4.69, 9.17) is 4.74 Å². The first kappa shape index (κ1) is 24.4. The Morgan fingerprint density at radius 1 is 1.10 bits per heavy atom. The van der Waals surface area contributed by atoms with E-state index in [2.05, 4.69) is 15.9 Å². The van der Waals surface area contributed by atoms with Crippen LogP contribution in [-0.2, 0) is 20.9 Å². The number of aldehydes is 1. The molecule has 0 radical (unpaired) electrons. The monoisotopic (exact) mass is 489 g/mol. The van der Waals surface area contributed by atoms with Crippen LogP contribution in [0.3, 0.4) is 0 Å². The summed E-state index contributed by atoms with van der Waals surface area (Å²) in [5, 5.41) is 0. The highest BCUT2D eigenvalue weighted by molar-refractivity contribution is 9.10. The minimum atomic E-state index is -0.508. The maximum absolute atomic E-state index is 12.6. The van der Waals surface area contributed by atoms with E-state index in [1.54, 1.807) is 38.1 Å². The molecule has 0 bridgehead atoms. The number of nitrogens with zero attached hydrogens (tertiary/aromatic N) is 3. The molecule has 1 unspecified atom stereocenters. The first-order valence-corrected chi connectivity index (χ1v) is 10.6. The number of benzene rings is 2. The highest BCUT2D eigenvalue weighted by Gasteiger charge is 2.22. The minimum Gasteiger partial charge on any atom is -0.497 e. The average molecular weight is 490 g/mol. The van der Waals surface area contributed by atoms with Gasteiger partial charge in [0.25, 0.3) is 0 Å². The topological polar surface area (TPSA) is 70.2 Å². The van der Waals surface area contributed by atoms with E-state index >= 15 is 0 Å². The Hall–Kier alpha value is -2.87. The fourth-order valence-corrected chi connectivity index (χ4v) is 3.91. The second kappa shape index (κ2) is 11.5. The number of methoxy groups -OCH3 is 1. The van der Waals surface area contributed by atoms with Crippen molar-refractivity contribution < 1.29 is 19.1 Å². The molecule has 0 spiro atoms. The number of amides is 2. The third-order valence-electron chi connectivity index (χ3n) is 5.17. The molecule has 0 fully saturated rings. The summed E-state index contributed by atoms with van der Waals surface area (Å²) < 4.78 is 5.89. The second-order valence-electron chi connectivity index (χ2n) is 7.27. The van der Waals surface area contributed by atoms with Crippen LogP contribution in [0.15, 0.2) is 46.9 Å². The smallest absolute Gasteiger partial charge is 0.222 e. The third-order valence-corrected chi connectivity index (χ3v) is 5.81. The van der Waals surface area contributed by atoms with Gasteiger partial charge in [-0.1, -0.05) is 18.2 Å². The standard InChI is InChI=1S/C23H28BrN3O4/c1-25(14-17-8-11-19(31-4)12-9-17)22(30)13-10-18(15-28)27(3)21-7-5-6-20(24)23(21)26(2)16-29/h5-9,11-12,15-16,18H,10,13-14H2,1-4H3. The molecule has 0 heterocycles. The quantitative estimate of drug-likeness (QED) is 0.451. The van der Waals surface area contributed by atoms with Crippen LogP contribution < -0.4 is 14.5 Å². The van der Waals surface area contributed by atoms with Gasteiger partial charge in [-0.25, -0.2) is 0 Å². The highest BCUT2D eigenvalue weighted by atomic mass is 79.9. The number of hydrogen-bond acceptors (Lipinski definition) is 5. The Kier molecular flexibility index (Phi) is 9.05. The molecule has 0 saturated carbocycles. The molecule has 1 atom stereocenters. The molecule has 166 valence electrons. The number of carbonyl (C=O) groups is 3. The van der Waals surface area contributed by atoms with E-state index < -0.39 is 6.04 Å². The number of para-hydroxylation sites is 1. The summed E-state index contributed by atoms with van der Waals surface area (Å²) in [4.78, 5) is 40.6. The molecular formula is C23H28BrN3O4. The third kappa shape index (κ3) is 6.30. The Bertz CT molecular complexity index is 904. The maximum atomic E-state index is 12.6. The van der Waals surface area contributed by atoms with Crippen LogP contribution in [0.5, 0.6) is 5.75 Å². The molecule has 8 heteroatoms. The summed E-state index contributed by atoms with van der Waals surface area (Å²) in [6.07, 6.45) is 2.14. The van der Waals surface area contributed by atoms with Crippen LogP contribution >= 0.6 is 15.9 Å². The molecule has 2 aromatic carbocycles. The van der Waals surface area contributed by atoms with Crippen LogP contribution in [-0.4, -0.2) is 57.8 Å². The molecule has 0 aliphatic carbocycles. The Labute approximate surface area is 191 Å². The SMILES string of the molecule is COc1ccc(CN(C)C(=O)CCC(C=O)N(C)c2cccc(Br)c2N(C)C=O)cc1. The van der Waals surface area contributed by atoms with E-state index in [0.29, 0.717) is 25.1 Å². The van der Waals surface area contributed by atoms with Crippen LogP contribution in [0, 0.1) is 0 Å². The zero-order valence-electron chi connectivity index (χ0n) is 18.2. The van der Waals surface area contributed by atoms with Crippen molar-refractivity contribution in [2.75, 3.05) is 38.1 Å². The predicted octanol–water partition coefficient (Wildman–Crippen LogP) is 3.49. The van der Waals surface area contributed by atoms with E-state index in [9.17, 15) is 14.4 Å². The van der Waals surface area contributed by atoms with Crippen molar-refractivity contribution >= 4 is 45.9 Å². The summed E-state index contributed by atoms with van der Waals surface area (Å²) in [5.74, 6) is 0.720. The molecule has 0 N–H and O–H groups in total. The van der Waals surface area contributed by atoms with Crippen molar-refractivity contribution in [2.45, 2.75) is 25.4 Å². The van der Waals surface area contributed by atoms with Crippen LogP contribution in [0.2, 0.25) is 0 Å². The van der Waals surface area contributed by atoms with Crippen molar-refractivity contribution in [3.63, 3.8) is 0 Å². The van der Waals surface area contributed by atoms with Gasteiger partial charge in [-0.15, -0.1) is 0 Å². The zero-order chi connectivity index (χ0) is 23.0. The molecule has 0 aromatic heterocycles. The number of hydrogen-bond donors (Lipinski definition) is 0.